The number of hydrogen-bond acceptors (Lipinski definition) is 7. The monoisotopic (exact) mass is 283 g/mol. The first-order chi connectivity index (χ1) is 9.60. The molecule has 2 unspecified atom stereocenters. The van der Waals surface area contributed by atoms with Crippen molar-refractivity contribution in [2.45, 2.75) is 12.2 Å². The van der Waals surface area contributed by atoms with E-state index >= 15 is 0 Å². The number of hydrogen-bond donors (Lipinski definition) is 3. The summed E-state index contributed by atoms with van der Waals surface area (Å²) in [5, 5.41) is 22.8. The number of aliphatic hydroxyl groups is 1. The van der Waals surface area contributed by atoms with Crippen LogP contribution in [0.25, 0.3) is 0 Å². The Labute approximate surface area is 115 Å². The first-order valence-corrected chi connectivity index (χ1v) is 6.22. The quantitative estimate of drug-likeness (QED) is 0.405. The fourth-order valence-electron chi connectivity index (χ4n) is 1.88. The van der Waals surface area contributed by atoms with Gasteiger partial charge in [0.2, 0.25) is 0 Å². The molecule has 1 aromatic rings. The lowest BCUT2D eigenvalue weighted by Crippen LogP contribution is -2.40. The Balaban J connectivity index is 1.93. The summed E-state index contributed by atoms with van der Waals surface area (Å²) in [7, 11) is 0. The van der Waals surface area contributed by atoms with Crippen molar-refractivity contribution in [1.29, 1.82) is 0 Å². The molecule has 1 fully saturated rings. The Morgan fingerprint density at radius 3 is 2.70 bits per heavy atom. The first-order valence-electron chi connectivity index (χ1n) is 6.22. The van der Waals surface area contributed by atoms with Crippen LogP contribution in [0, 0.1) is 10.1 Å². The molecule has 20 heavy (non-hydrogen) atoms. The fourth-order valence-corrected chi connectivity index (χ4v) is 1.88. The van der Waals surface area contributed by atoms with Crippen LogP contribution in [0.15, 0.2) is 18.2 Å². The van der Waals surface area contributed by atoms with Crippen molar-refractivity contribution in [2.75, 3.05) is 37.4 Å². The van der Waals surface area contributed by atoms with E-state index in [1.165, 1.54) is 6.07 Å². The molecular weight excluding hydrogens is 266 g/mol. The maximum Gasteiger partial charge on any atom is 0.294 e. The number of ether oxygens (including phenoxy) is 2. The standard InChI is InChI=1S/C12H17N3O5/c13-8-1-2-11(12(3-8)15(17)18)14-4-9-6-20-10(5-16)7-19-9/h1-3,9-10,14,16H,4-7,13H2. The molecule has 4 N–H and O–H groups in total. The van der Waals surface area contributed by atoms with Crippen molar-refractivity contribution < 1.29 is 19.5 Å². The van der Waals surface area contributed by atoms with Crippen LogP contribution in [0.1, 0.15) is 0 Å². The third kappa shape index (κ3) is 3.56. The average Bonchev–Trinajstić information content (AvgIpc) is 2.46. The highest BCUT2D eigenvalue weighted by Gasteiger charge is 2.22. The molecule has 0 saturated carbocycles. The number of nitrogens with zero attached hydrogens (tertiary/aromatic N) is 1. The van der Waals surface area contributed by atoms with E-state index in [9.17, 15) is 10.1 Å². The van der Waals surface area contributed by atoms with E-state index in [4.69, 9.17) is 20.3 Å². The molecule has 8 heteroatoms. The first kappa shape index (κ1) is 14.5. The fraction of sp³-hybridized carbons (Fsp3) is 0.500. The second-order valence-electron chi connectivity index (χ2n) is 4.51. The van der Waals surface area contributed by atoms with Crippen LogP contribution in [-0.2, 0) is 9.47 Å². The van der Waals surface area contributed by atoms with Gasteiger partial charge >= 0.3 is 0 Å². The molecule has 0 aromatic heterocycles. The largest absolute Gasteiger partial charge is 0.399 e. The summed E-state index contributed by atoms with van der Waals surface area (Å²) >= 11 is 0. The predicted octanol–water partition coefficient (Wildman–Crippen LogP) is 0.365. The van der Waals surface area contributed by atoms with Gasteiger partial charge in [0.25, 0.3) is 5.69 Å². The van der Waals surface area contributed by atoms with Gasteiger partial charge in [-0.2, -0.15) is 0 Å². The van der Waals surface area contributed by atoms with Crippen LogP contribution in [0.5, 0.6) is 0 Å². The van der Waals surface area contributed by atoms with E-state index in [0.717, 1.165) is 0 Å². The smallest absolute Gasteiger partial charge is 0.294 e. The van der Waals surface area contributed by atoms with Gasteiger partial charge in [0.05, 0.1) is 30.8 Å². The van der Waals surface area contributed by atoms with Crippen LogP contribution in [0.2, 0.25) is 0 Å². The minimum absolute atomic E-state index is 0.0741. The number of nitro groups is 1. The molecule has 0 spiro atoms. The maximum atomic E-state index is 10.9. The summed E-state index contributed by atoms with van der Waals surface area (Å²) in [4.78, 5) is 10.4. The molecule has 1 aliphatic heterocycles. The minimum atomic E-state index is -0.487. The molecule has 0 amide bonds. The number of aliphatic hydroxyl groups excluding tert-OH is 1. The zero-order valence-corrected chi connectivity index (χ0v) is 10.8. The topological polar surface area (TPSA) is 120 Å². The third-order valence-electron chi connectivity index (χ3n) is 2.98. The second-order valence-corrected chi connectivity index (χ2v) is 4.51. The SMILES string of the molecule is Nc1ccc(NCC2COC(CO)CO2)c([N+](=O)[O-])c1. The van der Waals surface area contributed by atoms with Crippen LogP contribution in [0.4, 0.5) is 17.1 Å². The minimum Gasteiger partial charge on any atom is -0.399 e. The van der Waals surface area contributed by atoms with Crippen molar-refractivity contribution in [3.8, 4) is 0 Å². The van der Waals surface area contributed by atoms with Gasteiger partial charge in [-0.1, -0.05) is 0 Å². The molecule has 1 aromatic carbocycles. The van der Waals surface area contributed by atoms with Crippen LogP contribution in [0.3, 0.4) is 0 Å². The van der Waals surface area contributed by atoms with Gasteiger partial charge in [-0.15, -0.1) is 0 Å². The lowest BCUT2D eigenvalue weighted by atomic mass is 10.2. The van der Waals surface area contributed by atoms with E-state index in [1.807, 2.05) is 0 Å². The van der Waals surface area contributed by atoms with Crippen LogP contribution >= 0.6 is 0 Å². The third-order valence-corrected chi connectivity index (χ3v) is 2.98. The second kappa shape index (κ2) is 6.51. The Hall–Kier alpha value is -1.90. The number of rotatable bonds is 5. The molecule has 0 radical (unpaired) electrons. The van der Waals surface area contributed by atoms with Gasteiger partial charge < -0.3 is 25.6 Å². The molecular formula is C12H17N3O5. The van der Waals surface area contributed by atoms with Crippen molar-refractivity contribution in [1.82, 2.24) is 0 Å². The van der Waals surface area contributed by atoms with E-state index in [-0.39, 0.29) is 24.5 Å². The number of nitrogens with two attached hydrogens (primary N) is 1. The number of anilines is 2. The van der Waals surface area contributed by atoms with Gasteiger partial charge in [-0.05, 0) is 12.1 Å². The normalized spacial score (nSPS) is 22.4. The highest BCUT2D eigenvalue weighted by Crippen LogP contribution is 2.26. The van der Waals surface area contributed by atoms with Crippen LogP contribution in [-0.4, -0.2) is 48.6 Å². The summed E-state index contributed by atoms with van der Waals surface area (Å²) in [5.74, 6) is 0. The summed E-state index contributed by atoms with van der Waals surface area (Å²) in [6.07, 6.45) is -0.507. The summed E-state index contributed by atoms with van der Waals surface area (Å²) in [5.41, 5.74) is 6.18. The summed E-state index contributed by atoms with van der Waals surface area (Å²) < 4.78 is 10.8. The summed E-state index contributed by atoms with van der Waals surface area (Å²) in [6, 6.07) is 4.46. The molecule has 0 aliphatic carbocycles. The maximum absolute atomic E-state index is 10.9. The highest BCUT2D eigenvalue weighted by molar-refractivity contribution is 5.66. The number of benzene rings is 1. The van der Waals surface area contributed by atoms with Gasteiger partial charge in [0, 0.05) is 18.3 Å². The van der Waals surface area contributed by atoms with Gasteiger partial charge in [0.15, 0.2) is 0 Å². The zero-order valence-electron chi connectivity index (χ0n) is 10.8. The Bertz CT molecular complexity index is 474. The molecule has 1 aliphatic rings. The molecule has 2 atom stereocenters. The number of nitro benzene ring substituents is 1. The van der Waals surface area contributed by atoms with Gasteiger partial charge in [-0.3, -0.25) is 10.1 Å². The predicted molar refractivity (Wildman–Crippen MR) is 72.6 cm³/mol. The highest BCUT2D eigenvalue weighted by atomic mass is 16.6. The number of nitrogen functional groups attached to an aromatic ring is 1. The van der Waals surface area contributed by atoms with E-state index in [0.29, 0.717) is 31.1 Å². The Morgan fingerprint density at radius 1 is 1.40 bits per heavy atom. The van der Waals surface area contributed by atoms with Gasteiger partial charge in [0.1, 0.15) is 11.8 Å². The van der Waals surface area contributed by atoms with Crippen molar-refractivity contribution in [3.05, 3.63) is 28.3 Å². The molecule has 1 heterocycles. The Morgan fingerprint density at radius 2 is 2.10 bits per heavy atom. The van der Waals surface area contributed by atoms with Crippen molar-refractivity contribution in [2.24, 2.45) is 0 Å². The lowest BCUT2D eigenvalue weighted by molar-refractivity contribution is -0.383. The van der Waals surface area contributed by atoms with Crippen molar-refractivity contribution in [3.63, 3.8) is 0 Å². The molecule has 8 nitrogen and oxygen atoms in total. The van der Waals surface area contributed by atoms with Crippen molar-refractivity contribution >= 4 is 17.1 Å². The molecule has 2 rings (SSSR count). The zero-order chi connectivity index (χ0) is 14.5. The number of nitrogens with one attached hydrogen (secondary N) is 1. The molecule has 0 bridgehead atoms. The summed E-state index contributed by atoms with van der Waals surface area (Å²) in [6.45, 7) is 0.945. The lowest BCUT2D eigenvalue weighted by Gasteiger charge is -2.28. The molecule has 110 valence electrons. The average molecular weight is 283 g/mol. The van der Waals surface area contributed by atoms with Gasteiger partial charge in [-0.25, -0.2) is 0 Å². The molecule has 1 saturated heterocycles. The van der Waals surface area contributed by atoms with E-state index in [2.05, 4.69) is 5.32 Å². The van der Waals surface area contributed by atoms with Crippen LogP contribution < -0.4 is 11.1 Å². The Kier molecular flexibility index (Phi) is 4.72. The van der Waals surface area contributed by atoms with E-state index in [1.54, 1.807) is 12.1 Å². The van der Waals surface area contributed by atoms with E-state index < -0.39 is 4.92 Å².